The van der Waals surface area contributed by atoms with Gasteiger partial charge in [0.1, 0.15) is 10.9 Å². The SMILES string of the molecule is COc1cnc(Cl)cc1-c1cc(C)ncc1C(=O)Nc1nnc(OC[C@H]2CC[C@H](OC)CC2)s1. The van der Waals surface area contributed by atoms with Crippen LogP contribution in [0.5, 0.6) is 10.9 Å². The number of ether oxygens (including phenoxy) is 3. The summed E-state index contributed by atoms with van der Waals surface area (Å²) in [6.07, 6.45) is 7.60. The summed E-state index contributed by atoms with van der Waals surface area (Å²) in [7, 11) is 3.30. The average Bonchev–Trinajstić information content (AvgIpc) is 3.30. The Hall–Kier alpha value is -2.82. The molecule has 4 rings (SSSR count). The summed E-state index contributed by atoms with van der Waals surface area (Å²) in [5.74, 6) is 0.588. The van der Waals surface area contributed by atoms with Gasteiger partial charge in [0, 0.05) is 30.1 Å². The zero-order valence-electron chi connectivity index (χ0n) is 19.2. The lowest BCUT2D eigenvalue weighted by atomic mass is 9.88. The van der Waals surface area contributed by atoms with E-state index in [0.29, 0.717) is 56.5 Å². The molecule has 1 aliphatic carbocycles. The molecule has 0 radical (unpaired) electrons. The first-order chi connectivity index (χ1) is 16.5. The Labute approximate surface area is 206 Å². The molecule has 1 aliphatic rings. The van der Waals surface area contributed by atoms with Gasteiger partial charge in [0.05, 0.1) is 31.6 Å². The lowest BCUT2D eigenvalue weighted by Crippen LogP contribution is -2.24. The number of aromatic nitrogens is 4. The Morgan fingerprint density at radius 1 is 1.12 bits per heavy atom. The van der Waals surface area contributed by atoms with Crippen LogP contribution in [0.15, 0.2) is 24.5 Å². The molecule has 3 heterocycles. The number of nitrogens with zero attached hydrogens (tertiary/aromatic N) is 4. The first-order valence-corrected chi connectivity index (χ1v) is 12.1. The molecule has 34 heavy (non-hydrogen) atoms. The maximum Gasteiger partial charge on any atom is 0.295 e. The number of anilines is 1. The van der Waals surface area contributed by atoms with Crippen molar-refractivity contribution in [1.29, 1.82) is 0 Å². The van der Waals surface area contributed by atoms with Crippen molar-refractivity contribution in [2.45, 2.75) is 38.7 Å². The topological polar surface area (TPSA) is 108 Å². The fraction of sp³-hybridized carbons (Fsp3) is 0.435. The van der Waals surface area contributed by atoms with Crippen LogP contribution in [-0.4, -0.2) is 53.0 Å². The van der Waals surface area contributed by atoms with Crippen LogP contribution in [0.1, 0.15) is 41.7 Å². The van der Waals surface area contributed by atoms with E-state index in [9.17, 15) is 4.79 Å². The lowest BCUT2D eigenvalue weighted by Gasteiger charge is -2.26. The van der Waals surface area contributed by atoms with Crippen LogP contribution in [0.4, 0.5) is 5.13 Å². The molecule has 1 saturated carbocycles. The second-order valence-corrected chi connectivity index (χ2v) is 9.42. The Kier molecular flexibility index (Phi) is 7.91. The Morgan fingerprint density at radius 3 is 2.65 bits per heavy atom. The van der Waals surface area contributed by atoms with Crippen LogP contribution in [0, 0.1) is 12.8 Å². The zero-order valence-corrected chi connectivity index (χ0v) is 20.8. The van der Waals surface area contributed by atoms with E-state index >= 15 is 0 Å². The number of carbonyl (C=O) groups excluding carboxylic acids is 1. The molecular formula is C23H26ClN5O4S. The average molecular weight is 504 g/mol. The summed E-state index contributed by atoms with van der Waals surface area (Å²) < 4.78 is 16.7. The summed E-state index contributed by atoms with van der Waals surface area (Å²) in [5, 5.41) is 12.0. The molecule has 0 unspecified atom stereocenters. The maximum atomic E-state index is 13.1. The van der Waals surface area contributed by atoms with Gasteiger partial charge in [-0.25, -0.2) is 4.98 Å². The quantitative estimate of drug-likeness (QED) is 0.436. The van der Waals surface area contributed by atoms with Crippen molar-refractivity contribution in [3.05, 3.63) is 40.9 Å². The van der Waals surface area contributed by atoms with E-state index in [-0.39, 0.29) is 5.91 Å². The summed E-state index contributed by atoms with van der Waals surface area (Å²) in [5.41, 5.74) is 2.35. The lowest BCUT2D eigenvalue weighted by molar-refractivity contribution is 0.0481. The number of halogens is 1. The molecule has 180 valence electrons. The van der Waals surface area contributed by atoms with E-state index in [2.05, 4.69) is 25.5 Å². The fourth-order valence-electron chi connectivity index (χ4n) is 3.96. The highest BCUT2D eigenvalue weighted by Gasteiger charge is 2.23. The minimum absolute atomic E-state index is 0.290. The molecule has 0 saturated heterocycles. The van der Waals surface area contributed by atoms with Crippen molar-refractivity contribution in [2.75, 3.05) is 26.1 Å². The standard InChI is InChI=1S/C23H26ClN5O4S/c1-13-8-16(17-9-20(24)26-11-19(17)32-3)18(10-25-13)21(30)27-22-28-29-23(34-22)33-12-14-4-6-15(31-2)7-5-14/h8-11,14-15H,4-7,12H2,1-3H3,(H,27,28,30)/t14-,15-. The highest BCUT2D eigenvalue weighted by Crippen LogP contribution is 2.34. The highest BCUT2D eigenvalue weighted by molar-refractivity contribution is 7.17. The molecule has 9 nitrogen and oxygen atoms in total. The van der Waals surface area contributed by atoms with Crippen LogP contribution >= 0.6 is 22.9 Å². The van der Waals surface area contributed by atoms with Gasteiger partial charge in [-0.05, 0) is 62.0 Å². The van der Waals surface area contributed by atoms with Crippen molar-refractivity contribution in [3.63, 3.8) is 0 Å². The van der Waals surface area contributed by atoms with Gasteiger partial charge in [-0.1, -0.05) is 16.7 Å². The normalized spacial score (nSPS) is 17.9. The number of carbonyl (C=O) groups is 1. The monoisotopic (exact) mass is 503 g/mol. The Balaban J connectivity index is 1.45. The minimum Gasteiger partial charge on any atom is -0.494 e. The number of nitrogens with one attached hydrogen (secondary N) is 1. The number of amides is 1. The second kappa shape index (κ2) is 11.1. The van der Waals surface area contributed by atoms with Gasteiger partial charge in [0.15, 0.2) is 0 Å². The van der Waals surface area contributed by atoms with Crippen LogP contribution in [0.2, 0.25) is 5.15 Å². The van der Waals surface area contributed by atoms with Gasteiger partial charge in [0.25, 0.3) is 11.1 Å². The van der Waals surface area contributed by atoms with E-state index in [1.807, 2.05) is 6.92 Å². The molecule has 3 aromatic heterocycles. The van der Waals surface area contributed by atoms with E-state index in [1.54, 1.807) is 19.2 Å². The number of hydrogen-bond donors (Lipinski definition) is 1. The third-order valence-electron chi connectivity index (χ3n) is 5.83. The van der Waals surface area contributed by atoms with Crippen molar-refractivity contribution in [1.82, 2.24) is 20.2 Å². The van der Waals surface area contributed by atoms with Crippen LogP contribution in [0.25, 0.3) is 11.1 Å². The molecule has 11 heteroatoms. The minimum atomic E-state index is -0.377. The van der Waals surface area contributed by atoms with Gasteiger partial charge in [-0.15, -0.1) is 5.10 Å². The number of rotatable bonds is 8. The largest absolute Gasteiger partial charge is 0.494 e. The molecule has 0 atom stereocenters. The fourth-order valence-corrected chi connectivity index (χ4v) is 4.72. The molecular weight excluding hydrogens is 478 g/mol. The second-order valence-electron chi connectivity index (χ2n) is 8.10. The smallest absolute Gasteiger partial charge is 0.295 e. The highest BCUT2D eigenvalue weighted by atomic mass is 35.5. The first-order valence-electron chi connectivity index (χ1n) is 10.9. The zero-order chi connectivity index (χ0) is 24.1. The predicted molar refractivity (Wildman–Crippen MR) is 130 cm³/mol. The number of pyridine rings is 2. The molecule has 0 spiro atoms. The molecule has 0 aliphatic heterocycles. The Bertz CT molecular complexity index is 1150. The molecule has 0 bridgehead atoms. The van der Waals surface area contributed by atoms with Crippen molar-refractivity contribution < 1.29 is 19.0 Å². The molecule has 1 amide bonds. The summed E-state index contributed by atoms with van der Waals surface area (Å²) in [6, 6.07) is 3.46. The van der Waals surface area contributed by atoms with Crippen LogP contribution in [-0.2, 0) is 4.74 Å². The predicted octanol–water partition coefficient (Wildman–Crippen LogP) is 4.80. The number of methoxy groups -OCH3 is 2. The van der Waals surface area contributed by atoms with Gasteiger partial charge < -0.3 is 14.2 Å². The van der Waals surface area contributed by atoms with Crippen LogP contribution < -0.4 is 14.8 Å². The van der Waals surface area contributed by atoms with E-state index in [0.717, 1.165) is 31.4 Å². The first kappa shape index (κ1) is 24.3. The van der Waals surface area contributed by atoms with E-state index in [1.165, 1.54) is 30.8 Å². The molecule has 1 fully saturated rings. The van der Waals surface area contributed by atoms with Crippen LogP contribution in [0.3, 0.4) is 0 Å². The molecule has 0 aromatic carbocycles. The van der Waals surface area contributed by atoms with E-state index < -0.39 is 0 Å². The third kappa shape index (κ3) is 5.81. The van der Waals surface area contributed by atoms with Crippen molar-refractivity contribution in [3.8, 4) is 22.1 Å². The summed E-state index contributed by atoms with van der Waals surface area (Å²) >= 11 is 7.30. The number of hydrogen-bond acceptors (Lipinski definition) is 9. The molecule has 3 aromatic rings. The summed E-state index contributed by atoms with van der Waals surface area (Å²) in [4.78, 5) is 21.5. The van der Waals surface area contributed by atoms with Crippen molar-refractivity contribution >= 4 is 34.0 Å². The van der Waals surface area contributed by atoms with Crippen molar-refractivity contribution in [2.24, 2.45) is 5.92 Å². The molecule has 1 N–H and O–H groups in total. The van der Waals surface area contributed by atoms with Gasteiger partial charge in [0.2, 0.25) is 5.13 Å². The third-order valence-corrected chi connectivity index (χ3v) is 6.78. The summed E-state index contributed by atoms with van der Waals surface area (Å²) in [6.45, 7) is 2.42. The van der Waals surface area contributed by atoms with Gasteiger partial charge >= 0.3 is 0 Å². The Morgan fingerprint density at radius 2 is 1.91 bits per heavy atom. The number of aryl methyl sites for hydroxylation is 1. The van der Waals surface area contributed by atoms with E-state index in [4.69, 9.17) is 25.8 Å². The maximum absolute atomic E-state index is 13.1. The van der Waals surface area contributed by atoms with Gasteiger partial charge in [-0.3, -0.25) is 15.1 Å². The van der Waals surface area contributed by atoms with Gasteiger partial charge in [-0.2, -0.15) is 0 Å².